The molecule has 0 aliphatic carbocycles. The third kappa shape index (κ3) is 3.99. The maximum Gasteiger partial charge on any atom is 0.407 e. The van der Waals surface area contributed by atoms with E-state index in [1.54, 1.807) is 12.1 Å². The first-order valence-corrected chi connectivity index (χ1v) is 8.05. The Morgan fingerprint density at radius 3 is 2.76 bits per heavy atom. The van der Waals surface area contributed by atoms with Crippen LogP contribution in [0.25, 0.3) is 22.1 Å². The quantitative estimate of drug-likeness (QED) is 0.706. The topological polar surface area (TPSA) is 51.5 Å². The normalized spacial score (nSPS) is 11.5. The first kappa shape index (κ1) is 17.0. The van der Waals surface area contributed by atoms with Gasteiger partial charge in [-0.05, 0) is 56.2 Å². The minimum absolute atomic E-state index is 0.310. The number of fused-ring (bicyclic) bond motifs is 1. The maximum absolute atomic E-state index is 13.8. The van der Waals surface area contributed by atoms with E-state index in [0.717, 1.165) is 16.7 Å². The highest BCUT2D eigenvalue weighted by molar-refractivity contribution is 5.92. The van der Waals surface area contributed by atoms with Crippen molar-refractivity contribution in [2.75, 3.05) is 0 Å². The minimum Gasteiger partial charge on any atom is -0.464 e. The molecule has 0 aliphatic heterocycles. The molecule has 0 saturated carbocycles. The molecule has 0 radical (unpaired) electrons. The summed E-state index contributed by atoms with van der Waals surface area (Å²) in [4.78, 5) is 11.8. The SMILES string of the molecule is CC(C)(C)OC(=O)NCc1cccc(-c2ccc(F)c3ccoc23)c1. The van der Waals surface area contributed by atoms with Crippen molar-refractivity contribution in [3.63, 3.8) is 0 Å². The molecule has 0 saturated heterocycles. The lowest BCUT2D eigenvalue weighted by Gasteiger charge is -2.19. The van der Waals surface area contributed by atoms with Gasteiger partial charge in [0.15, 0.2) is 0 Å². The Morgan fingerprint density at radius 2 is 2.00 bits per heavy atom. The average molecular weight is 341 g/mol. The number of hydrogen-bond acceptors (Lipinski definition) is 3. The van der Waals surface area contributed by atoms with Crippen LogP contribution in [-0.4, -0.2) is 11.7 Å². The third-order valence-corrected chi connectivity index (χ3v) is 3.64. The molecular formula is C20H20FNO3. The second-order valence-corrected chi connectivity index (χ2v) is 6.81. The molecule has 0 atom stereocenters. The molecule has 1 amide bonds. The molecule has 0 aliphatic rings. The zero-order chi connectivity index (χ0) is 18.0. The highest BCUT2D eigenvalue weighted by atomic mass is 19.1. The van der Waals surface area contributed by atoms with Crippen molar-refractivity contribution < 1.29 is 18.3 Å². The number of halogens is 1. The van der Waals surface area contributed by atoms with Gasteiger partial charge in [-0.3, -0.25) is 0 Å². The lowest BCUT2D eigenvalue weighted by molar-refractivity contribution is 0.0523. The summed E-state index contributed by atoms with van der Waals surface area (Å²) in [6.45, 7) is 5.79. The van der Waals surface area contributed by atoms with Crippen LogP contribution in [0.2, 0.25) is 0 Å². The molecule has 4 nitrogen and oxygen atoms in total. The lowest BCUT2D eigenvalue weighted by atomic mass is 10.0. The Hall–Kier alpha value is -2.82. The molecule has 3 rings (SSSR count). The second kappa shape index (κ2) is 6.59. The first-order valence-electron chi connectivity index (χ1n) is 8.05. The summed E-state index contributed by atoms with van der Waals surface area (Å²) in [5, 5.41) is 3.18. The summed E-state index contributed by atoms with van der Waals surface area (Å²) >= 11 is 0. The molecule has 0 unspecified atom stereocenters. The Balaban J connectivity index is 1.81. The van der Waals surface area contributed by atoms with E-state index >= 15 is 0 Å². The number of rotatable bonds is 3. The van der Waals surface area contributed by atoms with Gasteiger partial charge < -0.3 is 14.5 Å². The van der Waals surface area contributed by atoms with Crippen LogP contribution >= 0.6 is 0 Å². The Kier molecular flexibility index (Phi) is 4.49. The molecule has 1 N–H and O–H groups in total. The fraction of sp³-hybridized carbons (Fsp3) is 0.250. The lowest BCUT2D eigenvalue weighted by Crippen LogP contribution is -2.32. The predicted octanol–water partition coefficient (Wildman–Crippen LogP) is 5.26. The first-order chi connectivity index (χ1) is 11.8. The van der Waals surface area contributed by atoms with Crippen LogP contribution in [0.15, 0.2) is 53.1 Å². The number of alkyl carbamates (subject to hydrolysis) is 1. The number of amides is 1. The monoisotopic (exact) mass is 341 g/mol. The van der Waals surface area contributed by atoms with Gasteiger partial charge in [0.25, 0.3) is 0 Å². The molecule has 0 fully saturated rings. The zero-order valence-corrected chi connectivity index (χ0v) is 14.4. The van der Waals surface area contributed by atoms with E-state index in [0.29, 0.717) is 17.5 Å². The van der Waals surface area contributed by atoms with Gasteiger partial charge in [-0.2, -0.15) is 0 Å². The van der Waals surface area contributed by atoms with Crippen molar-refractivity contribution in [2.24, 2.45) is 0 Å². The summed E-state index contributed by atoms with van der Waals surface area (Å²) in [6.07, 6.45) is 1.01. The molecule has 3 aromatic rings. The number of hydrogen-bond donors (Lipinski definition) is 1. The predicted molar refractivity (Wildman–Crippen MR) is 94.7 cm³/mol. The summed E-state index contributed by atoms with van der Waals surface area (Å²) in [5.74, 6) is -0.310. The average Bonchev–Trinajstić information content (AvgIpc) is 3.02. The van der Waals surface area contributed by atoms with Gasteiger partial charge in [0.2, 0.25) is 0 Å². The zero-order valence-electron chi connectivity index (χ0n) is 14.4. The van der Waals surface area contributed by atoms with Gasteiger partial charge in [0, 0.05) is 12.1 Å². The van der Waals surface area contributed by atoms with Crippen molar-refractivity contribution in [1.82, 2.24) is 5.32 Å². The number of furan rings is 1. The number of carbonyl (C=O) groups is 1. The molecular weight excluding hydrogens is 321 g/mol. The molecule has 25 heavy (non-hydrogen) atoms. The Morgan fingerprint density at radius 1 is 1.20 bits per heavy atom. The molecule has 2 aromatic carbocycles. The van der Waals surface area contributed by atoms with Crippen molar-refractivity contribution in [2.45, 2.75) is 32.9 Å². The Labute approximate surface area is 145 Å². The smallest absolute Gasteiger partial charge is 0.407 e. The van der Waals surface area contributed by atoms with Gasteiger partial charge in [0.1, 0.15) is 17.0 Å². The van der Waals surface area contributed by atoms with Crippen LogP contribution in [0.3, 0.4) is 0 Å². The Bertz CT molecular complexity index is 909. The summed E-state index contributed by atoms with van der Waals surface area (Å²) in [6, 6.07) is 12.4. The number of carbonyl (C=O) groups excluding carboxylic acids is 1. The van der Waals surface area contributed by atoms with E-state index in [9.17, 15) is 9.18 Å². The van der Waals surface area contributed by atoms with E-state index in [1.807, 2.05) is 45.0 Å². The van der Waals surface area contributed by atoms with Crippen LogP contribution in [0.1, 0.15) is 26.3 Å². The standard InChI is InChI=1S/C20H20FNO3/c1-20(2,3)25-19(23)22-12-13-5-4-6-14(11-13)15-7-8-17(21)16-9-10-24-18(15)16/h4-11H,12H2,1-3H3,(H,22,23). The maximum atomic E-state index is 13.8. The van der Waals surface area contributed by atoms with Crippen LogP contribution in [0.4, 0.5) is 9.18 Å². The number of benzene rings is 2. The fourth-order valence-electron chi connectivity index (χ4n) is 2.59. The van der Waals surface area contributed by atoms with E-state index in [2.05, 4.69) is 5.32 Å². The van der Waals surface area contributed by atoms with E-state index in [-0.39, 0.29) is 5.82 Å². The fourth-order valence-corrected chi connectivity index (χ4v) is 2.59. The highest BCUT2D eigenvalue weighted by Crippen LogP contribution is 2.31. The number of ether oxygens (including phenoxy) is 1. The molecule has 1 heterocycles. The number of nitrogens with one attached hydrogen (secondary N) is 1. The van der Waals surface area contributed by atoms with Crippen LogP contribution in [0.5, 0.6) is 0 Å². The van der Waals surface area contributed by atoms with Gasteiger partial charge >= 0.3 is 6.09 Å². The van der Waals surface area contributed by atoms with E-state index in [1.165, 1.54) is 12.3 Å². The molecule has 130 valence electrons. The largest absolute Gasteiger partial charge is 0.464 e. The van der Waals surface area contributed by atoms with Crippen LogP contribution < -0.4 is 5.32 Å². The van der Waals surface area contributed by atoms with Gasteiger partial charge in [-0.25, -0.2) is 9.18 Å². The van der Waals surface area contributed by atoms with E-state index < -0.39 is 11.7 Å². The van der Waals surface area contributed by atoms with Crippen molar-refractivity contribution >= 4 is 17.1 Å². The summed E-state index contributed by atoms with van der Waals surface area (Å²) in [7, 11) is 0. The molecule has 1 aromatic heterocycles. The van der Waals surface area contributed by atoms with Crippen molar-refractivity contribution in [3.8, 4) is 11.1 Å². The molecule has 0 spiro atoms. The van der Waals surface area contributed by atoms with Crippen molar-refractivity contribution in [1.29, 1.82) is 0 Å². The van der Waals surface area contributed by atoms with Gasteiger partial charge in [-0.1, -0.05) is 18.2 Å². The summed E-state index contributed by atoms with van der Waals surface area (Å²) in [5.41, 5.74) is 2.58. The molecule has 5 heteroatoms. The second-order valence-electron chi connectivity index (χ2n) is 6.81. The molecule has 0 bridgehead atoms. The minimum atomic E-state index is -0.537. The van der Waals surface area contributed by atoms with Crippen molar-refractivity contribution in [3.05, 3.63) is 60.1 Å². The van der Waals surface area contributed by atoms with Crippen LogP contribution in [0, 0.1) is 5.82 Å². The van der Waals surface area contributed by atoms with Gasteiger partial charge in [0.05, 0.1) is 11.6 Å². The van der Waals surface area contributed by atoms with Gasteiger partial charge in [-0.15, -0.1) is 0 Å². The van der Waals surface area contributed by atoms with E-state index in [4.69, 9.17) is 9.15 Å². The highest BCUT2D eigenvalue weighted by Gasteiger charge is 2.16. The summed E-state index contributed by atoms with van der Waals surface area (Å²) < 4.78 is 24.5. The third-order valence-electron chi connectivity index (χ3n) is 3.64. The van der Waals surface area contributed by atoms with Crippen LogP contribution in [-0.2, 0) is 11.3 Å².